The number of halogens is 2. The molecule has 6 nitrogen and oxygen atoms in total. The lowest BCUT2D eigenvalue weighted by molar-refractivity contribution is -0.122. The predicted molar refractivity (Wildman–Crippen MR) is 96.2 cm³/mol. The molecule has 1 amide bonds. The van der Waals surface area contributed by atoms with E-state index < -0.39 is 0 Å². The number of hydrogen-bond acceptors (Lipinski definition) is 4. The maximum absolute atomic E-state index is 12.0. The van der Waals surface area contributed by atoms with Crippen LogP contribution in [0.1, 0.15) is 69.6 Å². The Kier molecular flexibility index (Phi) is 11.2. The lowest BCUT2D eigenvalue weighted by atomic mass is 10.1. The van der Waals surface area contributed by atoms with Crippen molar-refractivity contribution in [2.24, 2.45) is 5.73 Å². The minimum atomic E-state index is 0. The Morgan fingerprint density at radius 2 is 2.04 bits per heavy atom. The van der Waals surface area contributed by atoms with E-state index in [2.05, 4.69) is 22.3 Å². The number of aromatic nitrogens is 3. The summed E-state index contributed by atoms with van der Waals surface area (Å²) in [6.45, 7) is 3.70. The Morgan fingerprint density at radius 3 is 2.74 bits per heavy atom. The maximum Gasteiger partial charge on any atom is 0.220 e. The Balaban J connectivity index is 0.00000242. The van der Waals surface area contributed by atoms with Gasteiger partial charge in [0, 0.05) is 19.4 Å². The number of aryl methyl sites for hydroxylation is 2. The quantitative estimate of drug-likeness (QED) is 0.693. The average molecular weight is 366 g/mol. The summed E-state index contributed by atoms with van der Waals surface area (Å²) in [5.74, 6) is 1.92. The number of nitrogens with two attached hydrogens (primary N) is 1. The van der Waals surface area contributed by atoms with Gasteiger partial charge in [0.25, 0.3) is 0 Å². The van der Waals surface area contributed by atoms with Gasteiger partial charge in [0.1, 0.15) is 5.82 Å². The van der Waals surface area contributed by atoms with E-state index in [9.17, 15) is 4.79 Å². The third-order valence-electron chi connectivity index (χ3n) is 3.93. The number of amides is 1. The molecule has 1 atom stereocenters. The zero-order valence-electron chi connectivity index (χ0n) is 13.8. The van der Waals surface area contributed by atoms with Crippen molar-refractivity contribution in [2.75, 3.05) is 6.54 Å². The zero-order chi connectivity index (χ0) is 15.1. The molecule has 23 heavy (non-hydrogen) atoms. The second-order valence-electron chi connectivity index (χ2n) is 5.68. The van der Waals surface area contributed by atoms with E-state index in [-0.39, 0.29) is 36.8 Å². The minimum absolute atomic E-state index is 0. The standard InChI is InChI=1S/C15H27N5O.2ClH/c1-2-13-18-15-12(8-7-11-20(15)19-13)17-14(21)9-5-3-4-6-10-16;;/h12H,2-11,16H2,1H3,(H,17,21);2*1H. The summed E-state index contributed by atoms with van der Waals surface area (Å²) < 4.78 is 1.95. The molecule has 8 heteroatoms. The summed E-state index contributed by atoms with van der Waals surface area (Å²) in [4.78, 5) is 16.6. The molecule has 0 spiro atoms. The number of carbonyl (C=O) groups excluding carboxylic acids is 1. The Labute approximate surface area is 150 Å². The Bertz CT molecular complexity index is 467. The lowest BCUT2D eigenvalue weighted by Gasteiger charge is -2.23. The number of fused-ring (bicyclic) bond motifs is 1. The second-order valence-corrected chi connectivity index (χ2v) is 5.68. The molecule has 0 saturated heterocycles. The molecular formula is C15H29Cl2N5O. The SMILES string of the molecule is CCc1nc2n(n1)CCCC2NC(=O)CCCCCCN.Cl.Cl. The molecule has 0 aromatic carbocycles. The van der Waals surface area contributed by atoms with E-state index in [0.29, 0.717) is 6.42 Å². The zero-order valence-corrected chi connectivity index (χ0v) is 15.4. The topological polar surface area (TPSA) is 85.8 Å². The van der Waals surface area contributed by atoms with Crippen LogP contribution < -0.4 is 11.1 Å². The molecule has 0 saturated carbocycles. The first-order valence-electron chi connectivity index (χ1n) is 8.17. The molecule has 3 N–H and O–H groups in total. The lowest BCUT2D eigenvalue weighted by Crippen LogP contribution is -2.33. The fourth-order valence-corrected chi connectivity index (χ4v) is 2.74. The number of rotatable bonds is 8. The van der Waals surface area contributed by atoms with Crippen molar-refractivity contribution < 1.29 is 4.79 Å². The second kappa shape index (κ2) is 11.6. The summed E-state index contributed by atoms with van der Waals surface area (Å²) >= 11 is 0. The van der Waals surface area contributed by atoms with Gasteiger partial charge in [-0.15, -0.1) is 24.8 Å². The van der Waals surface area contributed by atoms with Crippen LogP contribution in [0.5, 0.6) is 0 Å². The van der Waals surface area contributed by atoms with E-state index in [1.54, 1.807) is 0 Å². The molecule has 1 aromatic heterocycles. The van der Waals surface area contributed by atoms with Gasteiger partial charge in [-0.25, -0.2) is 9.67 Å². The molecule has 0 aliphatic carbocycles. The highest BCUT2D eigenvalue weighted by molar-refractivity contribution is 5.85. The monoisotopic (exact) mass is 365 g/mol. The molecule has 2 heterocycles. The number of nitrogens with zero attached hydrogens (tertiary/aromatic N) is 3. The third kappa shape index (κ3) is 6.65. The van der Waals surface area contributed by atoms with Crippen LogP contribution in [0.2, 0.25) is 0 Å². The molecule has 0 bridgehead atoms. The summed E-state index contributed by atoms with van der Waals surface area (Å²) in [6.07, 6.45) is 7.60. The van der Waals surface area contributed by atoms with Gasteiger partial charge in [-0.2, -0.15) is 5.10 Å². The number of hydrogen-bond donors (Lipinski definition) is 2. The van der Waals surface area contributed by atoms with Crippen LogP contribution in [0, 0.1) is 0 Å². The van der Waals surface area contributed by atoms with Crippen LogP contribution in [-0.2, 0) is 17.8 Å². The van der Waals surface area contributed by atoms with Gasteiger partial charge in [-0.05, 0) is 32.2 Å². The molecule has 0 fully saturated rings. The van der Waals surface area contributed by atoms with Crippen molar-refractivity contribution in [3.8, 4) is 0 Å². The minimum Gasteiger partial charge on any atom is -0.346 e. The highest BCUT2D eigenvalue weighted by Crippen LogP contribution is 2.23. The van der Waals surface area contributed by atoms with Gasteiger partial charge in [-0.3, -0.25) is 4.79 Å². The third-order valence-corrected chi connectivity index (χ3v) is 3.93. The van der Waals surface area contributed by atoms with Gasteiger partial charge >= 0.3 is 0 Å². The number of carbonyl (C=O) groups is 1. The highest BCUT2D eigenvalue weighted by Gasteiger charge is 2.25. The van der Waals surface area contributed by atoms with Crippen molar-refractivity contribution in [2.45, 2.75) is 70.9 Å². The van der Waals surface area contributed by atoms with E-state index >= 15 is 0 Å². The van der Waals surface area contributed by atoms with Crippen molar-refractivity contribution in [1.82, 2.24) is 20.1 Å². The maximum atomic E-state index is 12.0. The first kappa shape index (κ1) is 22.1. The largest absolute Gasteiger partial charge is 0.346 e. The summed E-state index contributed by atoms with van der Waals surface area (Å²) in [5.41, 5.74) is 5.46. The van der Waals surface area contributed by atoms with Crippen molar-refractivity contribution in [3.63, 3.8) is 0 Å². The first-order chi connectivity index (χ1) is 10.2. The van der Waals surface area contributed by atoms with Gasteiger partial charge < -0.3 is 11.1 Å². The van der Waals surface area contributed by atoms with Gasteiger partial charge in [0.15, 0.2) is 5.82 Å². The van der Waals surface area contributed by atoms with Crippen LogP contribution in [0.4, 0.5) is 0 Å². The van der Waals surface area contributed by atoms with Crippen LogP contribution in [0.25, 0.3) is 0 Å². The smallest absolute Gasteiger partial charge is 0.220 e. The van der Waals surface area contributed by atoms with Crippen LogP contribution >= 0.6 is 24.8 Å². The molecule has 1 aliphatic rings. The van der Waals surface area contributed by atoms with E-state index in [4.69, 9.17) is 5.73 Å². The molecule has 1 unspecified atom stereocenters. The normalized spacial score (nSPS) is 16.0. The molecule has 1 aromatic rings. The van der Waals surface area contributed by atoms with E-state index in [0.717, 1.165) is 69.7 Å². The first-order valence-corrected chi connectivity index (χ1v) is 8.17. The van der Waals surface area contributed by atoms with Gasteiger partial charge in [-0.1, -0.05) is 19.8 Å². The average Bonchev–Trinajstić information content (AvgIpc) is 2.91. The van der Waals surface area contributed by atoms with Crippen LogP contribution in [0.3, 0.4) is 0 Å². The summed E-state index contributed by atoms with van der Waals surface area (Å²) in [5, 5.41) is 7.58. The molecule has 1 aliphatic heterocycles. The summed E-state index contributed by atoms with van der Waals surface area (Å²) in [6, 6.07) is 0.0306. The van der Waals surface area contributed by atoms with Crippen LogP contribution in [0.15, 0.2) is 0 Å². The van der Waals surface area contributed by atoms with Gasteiger partial charge in [0.05, 0.1) is 6.04 Å². The molecule has 134 valence electrons. The summed E-state index contributed by atoms with van der Waals surface area (Å²) in [7, 11) is 0. The number of unbranched alkanes of at least 4 members (excludes halogenated alkanes) is 3. The van der Waals surface area contributed by atoms with Crippen molar-refractivity contribution in [3.05, 3.63) is 11.6 Å². The predicted octanol–water partition coefficient (Wildman–Crippen LogP) is 2.54. The Morgan fingerprint density at radius 1 is 1.30 bits per heavy atom. The van der Waals surface area contributed by atoms with E-state index in [1.165, 1.54) is 0 Å². The fourth-order valence-electron chi connectivity index (χ4n) is 2.74. The molecule has 2 rings (SSSR count). The van der Waals surface area contributed by atoms with Crippen LogP contribution in [-0.4, -0.2) is 27.2 Å². The van der Waals surface area contributed by atoms with E-state index in [1.807, 2.05) is 4.68 Å². The Hall–Kier alpha value is -0.850. The molecular weight excluding hydrogens is 337 g/mol. The van der Waals surface area contributed by atoms with Crippen molar-refractivity contribution in [1.29, 1.82) is 0 Å². The van der Waals surface area contributed by atoms with Crippen molar-refractivity contribution >= 4 is 30.7 Å². The number of nitrogens with one attached hydrogen (secondary N) is 1. The highest BCUT2D eigenvalue weighted by atomic mass is 35.5. The fraction of sp³-hybridized carbons (Fsp3) is 0.800. The van der Waals surface area contributed by atoms with Gasteiger partial charge in [0.2, 0.25) is 5.91 Å². The molecule has 0 radical (unpaired) electrons.